The first-order valence-electron chi connectivity index (χ1n) is 7.74. The van der Waals surface area contributed by atoms with E-state index in [2.05, 4.69) is 5.32 Å². The summed E-state index contributed by atoms with van der Waals surface area (Å²) in [5, 5.41) is 12.3. The molecule has 5 heteroatoms. The summed E-state index contributed by atoms with van der Waals surface area (Å²) < 4.78 is 10.4. The van der Waals surface area contributed by atoms with E-state index in [4.69, 9.17) is 9.15 Å². The lowest BCUT2D eigenvalue weighted by atomic mass is 9.82. The van der Waals surface area contributed by atoms with Gasteiger partial charge in [-0.1, -0.05) is 19.3 Å². The minimum atomic E-state index is -0.207. The van der Waals surface area contributed by atoms with Crippen LogP contribution in [0, 0.1) is 5.92 Å². The van der Waals surface area contributed by atoms with Gasteiger partial charge in [-0.2, -0.15) is 0 Å². The summed E-state index contributed by atoms with van der Waals surface area (Å²) >= 11 is 0. The fraction of sp³-hybridized carbons (Fsp3) is 0.688. The summed E-state index contributed by atoms with van der Waals surface area (Å²) in [5.74, 6) is 1.20. The minimum Gasteiger partial charge on any atom is -0.453 e. The highest BCUT2D eigenvalue weighted by Gasteiger charge is 2.25. The monoisotopic (exact) mass is 295 g/mol. The van der Waals surface area contributed by atoms with Crippen molar-refractivity contribution in [3.8, 4) is 0 Å². The van der Waals surface area contributed by atoms with Gasteiger partial charge < -0.3 is 19.6 Å². The number of aliphatic hydroxyl groups is 1. The summed E-state index contributed by atoms with van der Waals surface area (Å²) in [7, 11) is 1.59. The van der Waals surface area contributed by atoms with Gasteiger partial charge in [-0.3, -0.25) is 4.79 Å². The number of ether oxygens (including phenoxy) is 1. The molecule has 118 valence electrons. The third-order valence-electron chi connectivity index (χ3n) is 4.15. The predicted octanol–water partition coefficient (Wildman–Crippen LogP) is 2.49. The Kier molecular flexibility index (Phi) is 6.26. The van der Waals surface area contributed by atoms with Gasteiger partial charge >= 0.3 is 0 Å². The largest absolute Gasteiger partial charge is 0.453 e. The van der Waals surface area contributed by atoms with Crippen molar-refractivity contribution in [2.75, 3.05) is 13.7 Å². The summed E-state index contributed by atoms with van der Waals surface area (Å²) in [5.41, 5.74) is 0. The zero-order valence-corrected chi connectivity index (χ0v) is 12.6. The second kappa shape index (κ2) is 8.20. The van der Waals surface area contributed by atoms with Crippen molar-refractivity contribution in [3.05, 3.63) is 23.7 Å². The van der Waals surface area contributed by atoms with Crippen molar-refractivity contribution in [1.82, 2.24) is 5.32 Å². The SMILES string of the molecule is COCc1ccc(C(=O)NC(CCO)C2CCCCC2)o1. The molecule has 0 saturated heterocycles. The molecular formula is C16H25NO4. The highest BCUT2D eigenvalue weighted by molar-refractivity contribution is 5.91. The van der Waals surface area contributed by atoms with Gasteiger partial charge in [0.15, 0.2) is 5.76 Å². The van der Waals surface area contributed by atoms with Crippen molar-refractivity contribution >= 4 is 5.91 Å². The Morgan fingerprint density at radius 1 is 1.43 bits per heavy atom. The van der Waals surface area contributed by atoms with E-state index in [1.807, 2.05) is 0 Å². The zero-order valence-electron chi connectivity index (χ0n) is 12.6. The Morgan fingerprint density at radius 3 is 2.86 bits per heavy atom. The Hall–Kier alpha value is -1.33. The molecule has 0 spiro atoms. The summed E-state index contributed by atoms with van der Waals surface area (Å²) in [4.78, 5) is 12.3. The van der Waals surface area contributed by atoms with Crippen LogP contribution in [0.15, 0.2) is 16.5 Å². The van der Waals surface area contributed by atoms with E-state index in [0.29, 0.717) is 30.5 Å². The second-order valence-corrected chi connectivity index (χ2v) is 5.69. The lowest BCUT2D eigenvalue weighted by Gasteiger charge is -2.30. The second-order valence-electron chi connectivity index (χ2n) is 5.69. The molecule has 1 fully saturated rings. The predicted molar refractivity (Wildman–Crippen MR) is 79.0 cm³/mol. The van der Waals surface area contributed by atoms with Crippen LogP contribution in [-0.4, -0.2) is 30.8 Å². The van der Waals surface area contributed by atoms with Crippen molar-refractivity contribution < 1.29 is 19.1 Å². The van der Waals surface area contributed by atoms with Crippen LogP contribution in [0.4, 0.5) is 0 Å². The molecule has 5 nitrogen and oxygen atoms in total. The van der Waals surface area contributed by atoms with Crippen LogP contribution in [0.25, 0.3) is 0 Å². The van der Waals surface area contributed by atoms with E-state index < -0.39 is 0 Å². The van der Waals surface area contributed by atoms with Gasteiger partial charge in [0.2, 0.25) is 0 Å². The van der Waals surface area contributed by atoms with E-state index >= 15 is 0 Å². The van der Waals surface area contributed by atoms with Crippen LogP contribution in [-0.2, 0) is 11.3 Å². The molecule has 1 unspecified atom stereocenters. The van der Waals surface area contributed by atoms with Crippen LogP contribution in [0.5, 0.6) is 0 Å². The number of rotatable bonds is 7. The number of methoxy groups -OCH3 is 1. The molecule has 1 aromatic rings. The highest BCUT2D eigenvalue weighted by Crippen LogP contribution is 2.28. The number of hydrogen-bond donors (Lipinski definition) is 2. The van der Waals surface area contributed by atoms with Crippen molar-refractivity contribution in [3.63, 3.8) is 0 Å². The molecule has 2 rings (SSSR count). The lowest BCUT2D eigenvalue weighted by Crippen LogP contribution is -2.41. The summed E-state index contributed by atoms with van der Waals surface area (Å²) in [6.45, 7) is 0.449. The molecule has 2 N–H and O–H groups in total. The van der Waals surface area contributed by atoms with Crippen molar-refractivity contribution in [1.29, 1.82) is 0 Å². The van der Waals surface area contributed by atoms with Crippen LogP contribution in [0.1, 0.15) is 54.8 Å². The highest BCUT2D eigenvalue weighted by atomic mass is 16.5. The lowest BCUT2D eigenvalue weighted by molar-refractivity contribution is 0.0863. The topological polar surface area (TPSA) is 71.7 Å². The third kappa shape index (κ3) is 4.58. The van der Waals surface area contributed by atoms with Gasteiger partial charge in [-0.15, -0.1) is 0 Å². The molecule has 1 aromatic heterocycles. The van der Waals surface area contributed by atoms with Gasteiger partial charge in [0, 0.05) is 19.8 Å². The van der Waals surface area contributed by atoms with Crippen LogP contribution in [0.3, 0.4) is 0 Å². The molecule has 1 heterocycles. The number of furan rings is 1. The van der Waals surface area contributed by atoms with Crippen molar-refractivity contribution in [2.24, 2.45) is 5.92 Å². The number of nitrogens with one attached hydrogen (secondary N) is 1. The number of aliphatic hydroxyl groups excluding tert-OH is 1. The molecule has 1 aliphatic rings. The van der Waals surface area contributed by atoms with Crippen LogP contribution >= 0.6 is 0 Å². The summed E-state index contributed by atoms with van der Waals surface area (Å²) in [6, 6.07) is 3.44. The molecule has 0 bridgehead atoms. The summed E-state index contributed by atoms with van der Waals surface area (Å²) in [6.07, 6.45) is 6.54. The maximum atomic E-state index is 12.3. The van der Waals surface area contributed by atoms with E-state index in [0.717, 1.165) is 12.8 Å². The number of hydrogen-bond acceptors (Lipinski definition) is 4. The average molecular weight is 295 g/mol. The molecule has 0 radical (unpaired) electrons. The van der Waals surface area contributed by atoms with Gasteiger partial charge in [0.25, 0.3) is 5.91 Å². The molecule has 1 atom stereocenters. The number of amides is 1. The Morgan fingerprint density at radius 2 is 2.19 bits per heavy atom. The molecule has 21 heavy (non-hydrogen) atoms. The molecular weight excluding hydrogens is 270 g/mol. The normalized spacial score (nSPS) is 17.6. The number of carbonyl (C=O) groups is 1. The fourth-order valence-electron chi connectivity index (χ4n) is 3.06. The van der Waals surface area contributed by atoms with E-state index in [1.54, 1.807) is 19.2 Å². The first kappa shape index (κ1) is 16.0. The van der Waals surface area contributed by atoms with Gasteiger partial charge in [-0.05, 0) is 37.3 Å². The first-order chi connectivity index (χ1) is 10.2. The zero-order chi connectivity index (χ0) is 15.1. The Bertz CT molecular complexity index is 437. The first-order valence-corrected chi connectivity index (χ1v) is 7.74. The van der Waals surface area contributed by atoms with Gasteiger partial charge in [0.1, 0.15) is 12.4 Å². The van der Waals surface area contributed by atoms with Gasteiger partial charge in [-0.25, -0.2) is 0 Å². The third-order valence-corrected chi connectivity index (χ3v) is 4.15. The van der Waals surface area contributed by atoms with E-state index in [9.17, 15) is 9.90 Å². The molecule has 0 aliphatic heterocycles. The van der Waals surface area contributed by atoms with Crippen molar-refractivity contribution in [2.45, 2.75) is 51.2 Å². The molecule has 0 aromatic carbocycles. The Labute approximate surface area is 125 Å². The van der Waals surface area contributed by atoms with Gasteiger partial charge in [0.05, 0.1) is 0 Å². The maximum Gasteiger partial charge on any atom is 0.287 e. The number of carbonyl (C=O) groups excluding carboxylic acids is 1. The fourth-order valence-corrected chi connectivity index (χ4v) is 3.06. The molecule has 1 aliphatic carbocycles. The standard InChI is InChI=1S/C16H25NO4/c1-20-11-13-7-8-15(21-13)16(19)17-14(9-10-18)12-5-3-2-4-6-12/h7-8,12,14,18H,2-6,9-11H2,1H3,(H,17,19). The quantitative estimate of drug-likeness (QED) is 0.810. The molecule has 1 amide bonds. The smallest absolute Gasteiger partial charge is 0.287 e. The van der Waals surface area contributed by atoms with E-state index in [-0.39, 0.29) is 18.6 Å². The average Bonchev–Trinajstić information content (AvgIpc) is 2.97. The van der Waals surface area contributed by atoms with E-state index in [1.165, 1.54) is 19.3 Å². The van der Waals surface area contributed by atoms with Crippen LogP contribution in [0.2, 0.25) is 0 Å². The minimum absolute atomic E-state index is 0.0266. The maximum absolute atomic E-state index is 12.3. The molecule has 1 saturated carbocycles. The van der Waals surface area contributed by atoms with Crippen LogP contribution < -0.4 is 5.32 Å². The Balaban J connectivity index is 1.95.